The maximum absolute atomic E-state index is 15.8. The van der Waals surface area contributed by atoms with Crippen molar-refractivity contribution >= 4 is 46.0 Å². The molecule has 1 saturated carbocycles. The van der Waals surface area contributed by atoms with Crippen molar-refractivity contribution in [1.29, 1.82) is 0 Å². The summed E-state index contributed by atoms with van der Waals surface area (Å²) < 4.78 is 41.9. The van der Waals surface area contributed by atoms with Crippen LogP contribution in [0.2, 0.25) is 5.02 Å². The number of ketones is 1. The third-order valence-electron chi connectivity index (χ3n) is 10.1. The van der Waals surface area contributed by atoms with Gasteiger partial charge in [-0.3, -0.25) is 14.4 Å². The van der Waals surface area contributed by atoms with Gasteiger partial charge in [0.15, 0.2) is 5.78 Å². The number of hydrogen-bond donors (Lipinski definition) is 0. The first kappa shape index (κ1) is 30.1. The zero-order valence-corrected chi connectivity index (χ0v) is 25.9. The summed E-state index contributed by atoms with van der Waals surface area (Å²) in [5.41, 5.74) is -1.16. The van der Waals surface area contributed by atoms with Crippen LogP contribution in [0.4, 0.5) is 18.9 Å². The fourth-order valence-corrected chi connectivity index (χ4v) is 8.63. The molecule has 0 unspecified atom stereocenters. The molecule has 5 aromatic rings. The second kappa shape index (κ2) is 10.6. The molecule has 5 aromatic carbocycles. The molecule has 2 aliphatic carbocycles. The first-order valence-corrected chi connectivity index (χ1v) is 15.8. The third kappa shape index (κ3) is 3.82. The maximum Gasteiger partial charge on any atom is 0.416 e. The Hall–Kier alpha value is -5.27. The molecule has 48 heavy (non-hydrogen) atoms. The topological polar surface area (TPSA) is 54.5 Å². The van der Waals surface area contributed by atoms with Crippen LogP contribution in [0.15, 0.2) is 140 Å². The Morgan fingerprint density at radius 2 is 0.958 bits per heavy atom. The molecule has 2 amide bonds. The fourth-order valence-electron chi connectivity index (χ4n) is 8.43. The van der Waals surface area contributed by atoms with Crippen LogP contribution >= 0.6 is 11.6 Å². The second-order valence-corrected chi connectivity index (χ2v) is 12.7. The summed E-state index contributed by atoms with van der Waals surface area (Å²) in [5.74, 6) is -4.44. The molecule has 0 radical (unpaired) electrons. The van der Waals surface area contributed by atoms with E-state index >= 15 is 14.4 Å². The molecule has 0 spiro atoms. The van der Waals surface area contributed by atoms with Crippen LogP contribution in [0.3, 0.4) is 0 Å². The number of rotatable bonds is 5. The van der Waals surface area contributed by atoms with E-state index in [1.54, 1.807) is 60.7 Å². The molecule has 1 heterocycles. The third-order valence-corrected chi connectivity index (χ3v) is 10.4. The Kier molecular flexibility index (Phi) is 6.66. The summed E-state index contributed by atoms with van der Waals surface area (Å²) in [6, 6.07) is 39.1. The molecule has 8 heteroatoms. The van der Waals surface area contributed by atoms with Gasteiger partial charge in [0.05, 0.1) is 38.9 Å². The van der Waals surface area contributed by atoms with E-state index in [0.717, 1.165) is 23.1 Å². The zero-order chi connectivity index (χ0) is 33.4. The number of nitrogens with zero attached hydrogens (tertiary/aromatic N) is 1. The van der Waals surface area contributed by atoms with E-state index in [1.807, 2.05) is 60.7 Å². The predicted octanol–water partition coefficient (Wildman–Crippen LogP) is 8.55. The number of carbonyl (C=O) groups is 3. The number of fused-ring (bicyclic) bond motifs is 5. The molecular weight excluding hydrogens is 635 g/mol. The molecule has 4 nitrogen and oxygen atoms in total. The zero-order valence-electron chi connectivity index (χ0n) is 25.1. The largest absolute Gasteiger partial charge is 0.416 e. The summed E-state index contributed by atoms with van der Waals surface area (Å²) in [4.78, 5) is 46.6. The number of alkyl halides is 3. The molecule has 236 valence electrons. The molecule has 0 aromatic heterocycles. The number of Topliss-reactive ketones (excluding diaryl/α,β-unsaturated/α-hetero) is 1. The van der Waals surface area contributed by atoms with Gasteiger partial charge < -0.3 is 0 Å². The number of halogens is 4. The van der Waals surface area contributed by atoms with Gasteiger partial charge in [-0.1, -0.05) is 133 Å². The Morgan fingerprint density at radius 3 is 1.35 bits per heavy atom. The summed E-state index contributed by atoms with van der Waals surface area (Å²) in [6.07, 6.45) is -4.75. The lowest BCUT2D eigenvalue weighted by Crippen LogP contribution is -2.45. The standard InChI is InChI=1S/C40H25ClF3NO3/c41-29-22-21-28(40(42,43)44)23-30(29)45-35(46)33-34(36(45)47)39(27-19-11-4-12-20-27)32(25-15-7-2-8-16-25)31(24-13-5-1-6-14-24)38(33,37(39)48)26-17-9-3-10-18-26/h1-23,33-34H/t33-,34+,38-,39+. The number of imide groups is 1. The molecule has 8 rings (SSSR count). The monoisotopic (exact) mass is 659 g/mol. The van der Waals surface area contributed by atoms with Crippen LogP contribution in [-0.2, 0) is 31.4 Å². The first-order chi connectivity index (χ1) is 23.1. The molecule has 3 aliphatic rings. The van der Waals surface area contributed by atoms with Gasteiger partial charge in [0.2, 0.25) is 11.8 Å². The van der Waals surface area contributed by atoms with Crippen LogP contribution < -0.4 is 4.90 Å². The van der Waals surface area contributed by atoms with Gasteiger partial charge in [-0.05, 0) is 51.6 Å². The Morgan fingerprint density at radius 1 is 0.562 bits per heavy atom. The summed E-state index contributed by atoms with van der Waals surface area (Å²) in [5, 5.41) is -0.189. The maximum atomic E-state index is 15.8. The lowest BCUT2D eigenvalue weighted by atomic mass is 9.59. The highest BCUT2D eigenvalue weighted by atomic mass is 35.5. The number of benzene rings is 5. The Bertz CT molecular complexity index is 2030. The van der Waals surface area contributed by atoms with Crippen LogP contribution in [0.5, 0.6) is 0 Å². The minimum Gasteiger partial charge on any atom is -0.297 e. The smallest absolute Gasteiger partial charge is 0.297 e. The molecule has 1 saturated heterocycles. The number of hydrogen-bond acceptors (Lipinski definition) is 3. The summed E-state index contributed by atoms with van der Waals surface area (Å²) in [7, 11) is 0. The van der Waals surface area contributed by atoms with Crippen molar-refractivity contribution in [3.8, 4) is 0 Å². The molecule has 4 atom stereocenters. The SMILES string of the molecule is O=C1[C@@H]2[C@H](C(=O)N1c1cc(C(F)(F)F)ccc1Cl)[C@]1(c3ccccc3)C(=O)[C@@]2(c2ccccc2)C(c2ccccc2)=C1c1ccccc1. The van der Waals surface area contributed by atoms with Crippen molar-refractivity contribution in [1.82, 2.24) is 0 Å². The minimum atomic E-state index is -4.75. The minimum absolute atomic E-state index is 0.189. The van der Waals surface area contributed by atoms with Gasteiger partial charge in [-0.2, -0.15) is 13.2 Å². The van der Waals surface area contributed by atoms with Gasteiger partial charge in [-0.15, -0.1) is 0 Å². The fraction of sp³-hybridized carbons (Fsp3) is 0.125. The van der Waals surface area contributed by atoms with Crippen molar-refractivity contribution in [2.45, 2.75) is 17.0 Å². The van der Waals surface area contributed by atoms with Crippen molar-refractivity contribution < 1.29 is 27.6 Å². The van der Waals surface area contributed by atoms with Crippen molar-refractivity contribution in [2.24, 2.45) is 11.8 Å². The lowest BCUT2D eigenvalue weighted by molar-refractivity contribution is -0.137. The van der Waals surface area contributed by atoms with Crippen LogP contribution in [-0.4, -0.2) is 17.6 Å². The highest BCUT2D eigenvalue weighted by Crippen LogP contribution is 2.74. The number of carbonyl (C=O) groups excluding carboxylic acids is 3. The van der Waals surface area contributed by atoms with Crippen molar-refractivity contribution in [2.75, 3.05) is 4.90 Å². The van der Waals surface area contributed by atoms with Gasteiger partial charge in [0, 0.05) is 0 Å². The summed E-state index contributed by atoms with van der Waals surface area (Å²) in [6.45, 7) is 0. The molecule has 2 fully saturated rings. The molecule has 0 N–H and O–H groups in total. The second-order valence-electron chi connectivity index (χ2n) is 12.3. The van der Waals surface area contributed by atoms with E-state index in [1.165, 1.54) is 0 Å². The van der Waals surface area contributed by atoms with E-state index in [2.05, 4.69) is 0 Å². The molecular formula is C40H25ClF3NO3. The predicted molar refractivity (Wildman–Crippen MR) is 177 cm³/mol. The van der Waals surface area contributed by atoms with Gasteiger partial charge >= 0.3 is 6.18 Å². The van der Waals surface area contributed by atoms with Gasteiger partial charge in [0.1, 0.15) is 0 Å². The van der Waals surface area contributed by atoms with Crippen LogP contribution in [0, 0.1) is 11.8 Å². The van der Waals surface area contributed by atoms with Gasteiger partial charge in [0.25, 0.3) is 0 Å². The number of amides is 2. The summed E-state index contributed by atoms with van der Waals surface area (Å²) >= 11 is 6.49. The molecule has 1 aliphatic heterocycles. The van der Waals surface area contributed by atoms with E-state index in [9.17, 15) is 13.2 Å². The van der Waals surface area contributed by atoms with Crippen LogP contribution in [0.1, 0.15) is 27.8 Å². The Balaban J connectivity index is 1.53. The quantitative estimate of drug-likeness (QED) is 0.178. The number of allylic oxidation sites excluding steroid dienone is 2. The Labute approximate surface area is 279 Å². The lowest BCUT2D eigenvalue weighted by Gasteiger charge is -2.39. The highest BCUT2D eigenvalue weighted by molar-refractivity contribution is 6.41. The van der Waals surface area contributed by atoms with Crippen molar-refractivity contribution in [3.05, 3.63) is 172 Å². The first-order valence-electron chi connectivity index (χ1n) is 15.4. The number of anilines is 1. The average molecular weight is 660 g/mol. The molecule has 2 bridgehead atoms. The normalized spacial score (nSPS) is 24.8. The van der Waals surface area contributed by atoms with Crippen LogP contribution in [0.25, 0.3) is 11.1 Å². The van der Waals surface area contributed by atoms with E-state index in [-0.39, 0.29) is 16.5 Å². The van der Waals surface area contributed by atoms with Gasteiger partial charge in [-0.25, -0.2) is 4.90 Å². The van der Waals surface area contributed by atoms with E-state index in [4.69, 9.17) is 11.6 Å². The highest BCUT2D eigenvalue weighted by Gasteiger charge is 2.82. The average Bonchev–Trinajstić information content (AvgIpc) is 3.61. The van der Waals surface area contributed by atoms with E-state index < -0.39 is 46.2 Å². The van der Waals surface area contributed by atoms with E-state index in [0.29, 0.717) is 33.4 Å². The van der Waals surface area contributed by atoms with Crippen molar-refractivity contribution in [3.63, 3.8) is 0 Å².